The molecule has 2 aliphatic rings. The molecule has 0 unspecified atom stereocenters. The minimum atomic E-state index is -0.387. The van der Waals surface area contributed by atoms with Crippen LogP contribution in [-0.2, 0) is 4.74 Å². The molecule has 2 rings (SSSR count). The van der Waals surface area contributed by atoms with E-state index < -0.39 is 0 Å². The Labute approximate surface area is 104 Å². The molecule has 0 aliphatic carbocycles. The number of amides is 1. The molecule has 0 aromatic carbocycles. The Hall–Kier alpha value is -0.770. The van der Waals surface area contributed by atoms with E-state index in [0.717, 1.165) is 38.5 Å². The average Bonchev–Trinajstić information content (AvgIpc) is 2.26. The van der Waals surface area contributed by atoms with Gasteiger partial charge in [0.1, 0.15) is 5.60 Å². The second-order valence-electron chi connectivity index (χ2n) is 6.23. The van der Waals surface area contributed by atoms with Gasteiger partial charge in [-0.3, -0.25) is 0 Å². The second kappa shape index (κ2) is 4.84. The molecule has 1 N–H and O–H groups in total. The van der Waals surface area contributed by atoms with Crippen LogP contribution in [0.4, 0.5) is 4.79 Å². The van der Waals surface area contributed by atoms with Crippen molar-refractivity contribution in [1.82, 2.24) is 10.2 Å². The molecule has 0 saturated carbocycles. The van der Waals surface area contributed by atoms with E-state index in [2.05, 4.69) is 5.32 Å². The largest absolute Gasteiger partial charge is 0.444 e. The number of carbonyl (C=O) groups is 1. The van der Waals surface area contributed by atoms with Gasteiger partial charge in [-0.25, -0.2) is 4.79 Å². The number of nitrogens with one attached hydrogen (secondary N) is 1. The summed E-state index contributed by atoms with van der Waals surface area (Å²) in [5, 5.41) is 3.43. The fraction of sp³-hybridized carbons (Fsp3) is 0.923. The van der Waals surface area contributed by atoms with Crippen molar-refractivity contribution in [3.8, 4) is 0 Å². The van der Waals surface area contributed by atoms with Crippen LogP contribution in [0.15, 0.2) is 0 Å². The van der Waals surface area contributed by atoms with Crippen molar-refractivity contribution in [2.45, 2.75) is 39.2 Å². The smallest absolute Gasteiger partial charge is 0.410 e. The van der Waals surface area contributed by atoms with Crippen molar-refractivity contribution in [3.63, 3.8) is 0 Å². The topological polar surface area (TPSA) is 41.6 Å². The first kappa shape index (κ1) is 12.7. The third-order valence-electron chi connectivity index (χ3n) is 3.64. The first-order chi connectivity index (χ1) is 7.96. The van der Waals surface area contributed by atoms with E-state index in [1.807, 2.05) is 25.7 Å². The average molecular weight is 240 g/mol. The van der Waals surface area contributed by atoms with E-state index in [9.17, 15) is 4.79 Å². The molecule has 4 heteroatoms. The Morgan fingerprint density at radius 3 is 2.76 bits per heavy atom. The standard InChI is InChI=1S/C13H24N2O2/c1-13(2,3)17-12(16)15-7-5-10-8-14-6-4-11(10)9-15/h10-11,14H,4-9H2,1-3H3/t10-,11+/m1/s1. The van der Waals surface area contributed by atoms with E-state index in [-0.39, 0.29) is 11.7 Å². The Bertz CT molecular complexity index is 286. The van der Waals surface area contributed by atoms with Crippen LogP contribution in [0.2, 0.25) is 0 Å². The molecule has 1 amide bonds. The van der Waals surface area contributed by atoms with Crippen LogP contribution in [-0.4, -0.2) is 42.8 Å². The van der Waals surface area contributed by atoms with Gasteiger partial charge < -0.3 is 15.0 Å². The highest BCUT2D eigenvalue weighted by Crippen LogP contribution is 2.28. The van der Waals surface area contributed by atoms with E-state index >= 15 is 0 Å². The summed E-state index contributed by atoms with van der Waals surface area (Å²) < 4.78 is 5.43. The van der Waals surface area contributed by atoms with Gasteiger partial charge in [0.15, 0.2) is 0 Å². The molecule has 0 spiro atoms. The van der Waals surface area contributed by atoms with Crippen molar-refractivity contribution in [3.05, 3.63) is 0 Å². The zero-order valence-corrected chi connectivity index (χ0v) is 11.2. The summed E-state index contributed by atoms with van der Waals surface area (Å²) >= 11 is 0. The molecule has 2 atom stereocenters. The molecule has 0 aromatic heterocycles. The Morgan fingerprint density at radius 2 is 2.06 bits per heavy atom. The van der Waals surface area contributed by atoms with Crippen LogP contribution in [0.1, 0.15) is 33.6 Å². The number of hydrogen-bond donors (Lipinski definition) is 1. The fourth-order valence-corrected chi connectivity index (χ4v) is 2.74. The number of piperidine rings is 2. The lowest BCUT2D eigenvalue weighted by molar-refractivity contribution is 0.00716. The summed E-state index contributed by atoms with van der Waals surface area (Å²) in [5.41, 5.74) is -0.387. The SMILES string of the molecule is CC(C)(C)OC(=O)N1CC[C@@H]2CNCC[C@H]2C1. The number of nitrogens with zero attached hydrogens (tertiary/aromatic N) is 1. The van der Waals surface area contributed by atoms with E-state index in [4.69, 9.17) is 4.74 Å². The highest BCUT2D eigenvalue weighted by Gasteiger charge is 2.34. The minimum Gasteiger partial charge on any atom is -0.444 e. The summed E-state index contributed by atoms with van der Waals surface area (Å²) in [6, 6.07) is 0. The maximum absolute atomic E-state index is 12.0. The van der Waals surface area contributed by atoms with Gasteiger partial charge in [-0.05, 0) is 58.5 Å². The van der Waals surface area contributed by atoms with Crippen molar-refractivity contribution in [1.29, 1.82) is 0 Å². The summed E-state index contributed by atoms with van der Waals surface area (Å²) in [5.74, 6) is 1.42. The van der Waals surface area contributed by atoms with Crippen LogP contribution >= 0.6 is 0 Å². The van der Waals surface area contributed by atoms with Gasteiger partial charge in [-0.1, -0.05) is 0 Å². The first-order valence-corrected chi connectivity index (χ1v) is 6.64. The van der Waals surface area contributed by atoms with E-state index in [1.165, 1.54) is 6.42 Å². The molecule has 2 fully saturated rings. The highest BCUT2D eigenvalue weighted by atomic mass is 16.6. The van der Waals surface area contributed by atoms with Gasteiger partial charge in [0.25, 0.3) is 0 Å². The Balaban J connectivity index is 1.89. The minimum absolute atomic E-state index is 0.144. The van der Waals surface area contributed by atoms with E-state index in [0.29, 0.717) is 5.92 Å². The summed E-state index contributed by atoms with van der Waals surface area (Å²) in [6.07, 6.45) is 2.15. The van der Waals surface area contributed by atoms with Crippen LogP contribution in [0, 0.1) is 11.8 Å². The Kier molecular flexibility index (Phi) is 3.61. The molecule has 0 radical (unpaired) electrons. The van der Waals surface area contributed by atoms with Gasteiger partial charge >= 0.3 is 6.09 Å². The zero-order chi connectivity index (χ0) is 12.5. The van der Waals surface area contributed by atoms with Crippen LogP contribution in [0.25, 0.3) is 0 Å². The summed E-state index contributed by atoms with van der Waals surface area (Å²) in [6.45, 7) is 9.68. The molecule has 4 nitrogen and oxygen atoms in total. The van der Waals surface area contributed by atoms with Gasteiger partial charge in [0, 0.05) is 13.1 Å². The molecule has 98 valence electrons. The maximum Gasteiger partial charge on any atom is 0.410 e. The number of carbonyl (C=O) groups excluding carboxylic acids is 1. The molecule has 2 heterocycles. The number of hydrogen-bond acceptors (Lipinski definition) is 3. The lowest BCUT2D eigenvalue weighted by Crippen LogP contribution is -2.50. The van der Waals surface area contributed by atoms with Crippen molar-refractivity contribution >= 4 is 6.09 Å². The van der Waals surface area contributed by atoms with Gasteiger partial charge in [0.2, 0.25) is 0 Å². The number of likely N-dealkylation sites (tertiary alicyclic amines) is 1. The maximum atomic E-state index is 12.0. The monoisotopic (exact) mass is 240 g/mol. The summed E-state index contributed by atoms with van der Waals surface area (Å²) in [4.78, 5) is 13.9. The van der Waals surface area contributed by atoms with Crippen LogP contribution in [0.5, 0.6) is 0 Å². The van der Waals surface area contributed by atoms with Crippen molar-refractivity contribution < 1.29 is 9.53 Å². The predicted octanol–water partition coefficient (Wildman–Crippen LogP) is 1.85. The van der Waals surface area contributed by atoms with Gasteiger partial charge in [-0.2, -0.15) is 0 Å². The molecule has 2 saturated heterocycles. The lowest BCUT2D eigenvalue weighted by atomic mass is 9.81. The highest BCUT2D eigenvalue weighted by molar-refractivity contribution is 5.68. The number of rotatable bonds is 0. The molecule has 2 aliphatic heterocycles. The van der Waals surface area contributed by atoms with E-state index in [1.54, 1.807) is 0 Å². The van der Waals surface area contributed by atoms with Crippen LogP contribution < -0.4 is 5.32 Å². The third-order valence-corrected chi connectivity index (χ3v) is 3.64. The Morgan fingerprint density at radius 1 is 1.29 bits per heavy atom. The lowest BCUT2D eigenvalue weighted by Gasteiger charge is -2.41. The third kappa shape index (κ3) is 3.35. The first-order valence-electron chi connectivity index (χ1n) is 6.64. The zero-order valence-electron chi connectivity index (χ0n) is 11.2. The molecular weight excluding hydrogens is 216 g/mol. The number of fused-ring (bicyclic) bond motifs is 1. The second-order valence-corrected chi connectivity index (χ2v) is 6.23. The number of ether oxygens (including phenoxy) is 1. The summed E-state index contributed by atoms with van der Waals surface area (Å²) in [7, 11) is 0. The predicted molar refractivity (Wildman–Crippen MR) is 66.9 cm³/mol. The van der Waals surface area contributed by atoms with Crippen molar-refractivity contribution in [2.75, 3.05) is 26.2 Å². The molecule has 0 bridgehead atoms. The molecule has 17 heavy (non-hydrogen) atoms. The molecular formula is C13H24N2O2. The van der Waals surface area contributed by atoms with Gasteiger partial charge in [0.05, 0.1) is 0 Å². The quantitative estimate of drug-likeness (QED) is 0.702. The fourth-order valence-electron chi connectivity index (χ4n) is 2.74. The normalized spacial score (nSPS) is 29.7. The van der Waals surface area contributed by atoms with Crippen molar-refractivity contribution in [2.24, 2.45) is 11.8 Å². The van der Waals surface area contributed by atoms with Crippen LogP contribution in [0.3, 0.4) is 0 Å². The van der Waals surface area contributed by atoms with Gasteiger partial charge in [-0.15, -0.1) is 0 Å². The molecule has 0 aromatic rings.